The number of benzene rings is 1. The van der Waals surface area contributed by atoms with E-state index in [0.29, 0.717) is 6.04 Å². The average Bonchev–Trinajstić information content (AvgIpc) is 2.59. The summed E-state index contributed by atoms with van der Waals surface area (Å²) in [6, 6.07) is 11.2. The molecular weight excluding hydrogens is 292 g/mol. The number of guanidine groups is 1. The quantitative estimate of drug-likeness (QED) is 0.480. The van der Waals surface area contributed by atoms with Crippen molar-refractivity contribution in [3.63, 3.8) is 0 Å². The molecule has 1 aromatic carbocycles. The van der Waals surface area contributed by atoms with Gasteiger partial charge in [-0.2, -0.15) is 11.8 Å². The minimum atomic E-state index is 0.520. The Morgan fingerprint density at radius 1 is 1.27 bits per heavy atom. The van der Waals surface area contributed by atoms with Gasteiger partial charge in [0.25, 0.3) is 0 Å². The number of aliphatic imine (C=N–C) groups is 1. The van der Waals surface area contributed by atoms with Gasteiger partial charge in [-0.05, 0) is 43.4 Å². The maximum absolute atomic E-state index is 4.33. The van der Waals surface area contributed by atoms with Crippen LogP contribution in [-0.4, -0.2) is 50.7 Å². The number of hydrogen-bond donors (Lipinski definition) is 2. The van der Waals surface area contributed by atoms with E-state index in [1.165, 1.54) is 17.9 Å². The van der Waals surface area contributed by atoms with Crippen molar-refractivity contribution in [3.05, 3.63) is 30.3 Å². The molecule has 0 aliphatic carbocycles. The fourth-order valence-electron chi connectivity index (χ4n) is 2.73. The van der Waals surface area contributed by atoms with E-state index in [0.717, 1.165) is 38.4 Å². The van der Waals surface area contributed by atoms with Crippen molar-refractivity contribution in [2.75, 3.05) is 43.6 Å². The minimum absolute atomic E-state index is 0.520. The largest absolute Gasteiger partial charge is 0.371 e. The molecule has 0 bridgehead atoms. The van der Waals surface area contributed by atoms with Gasteiger partial charge in [0.15, 0.2) is 5.96 Å². The molecule has 0 radical (unpaired) electrons. The smallest absolute Gasteiger partial charge is 0.191 e. The molecule has 1 aliphatic heterocycles. The summed E-state index contributed by atoms with van der Waals surface area (Å²) in [4.78, 5) is 6.80. The molecule has 0 atom stereocenters. The Kier molecular flexibility index (Phi) is 7.43. The first-order valence-corrected chi connectivity index (χ1v) is 9.49. The third kappa shape index (κ3) is 5.44. The number of para-hydroxylation sites is 1. The predicted molar refractivity (Wildman–Crippen MR) is 99.2 cm³/mol. The summed E-state index contributed by atoms with van der Waals surface area (Å²) in [6.45, 7) is 3.19. The third-order valence-corrected chi connectivity index (χ3v) is 4.70. The van der Waals surface area contributed by atoms with Gasteiger partial charge in [0, 0.05) is 38.4 Å². The molecular formula is C17H28N4S. The zero-order chi connectivity index (χ0) is 15.6. The highest BCUT2D eigenvalue weighted by molar-refractivity contribution is 7.98. The molecule has 1 aliphatic rings. The Hall–Kier alpha value is -1.36. The van der Waals surface area contributed by atoms with Crippen LogP contribution in [0.4, 0.5) is 5.69 Å². The highest BCUT2D eigenvalue weighted by Gasteiger charge is 2.19. The molecule has 0 aromatic heterocycles. The van der Waals surface area contributed by atoms with Crippen molar-refractivity contribution in [1.82, 2.24) is 10.6 Å². The van der Waals surface area contributed by atoms with Gasteiger partial charge in [0.2, 0.25) is 0 Å². The van der Waals surface area contributed by atoms with Crippen LogP contribution in [0.25, 0.3) is 0 Å². The van der Waals surface area contributed by atoms with Crippen LogP contribution < -0.4 is 15.5 Å². The van der Waals surface area contributed by atoms with E-state index in [1.54, 1.807) is 0 Å². The van der Waals surface area contributed by atoms with Gasteiger partial charge in [-0.1, -0.05) is 18.2 Å². The molecule has 122 valence electrons. The maximum Gasteiger partial charge on any atom is 0.191 e. The second-order valence-corrected chi connectivity index (χ2v) is 6.57. The Morgan fingerprint density at radius 3 is 2.64 bits per heavy atom. The number of anilines is 1. The van der Waals surface area contributed by atoms with Gasteiger partial charge in [0.1, 0.15) is 0 Å². The maximum atomic E-state index is 4.33. The third-order valence-electron chi connectivity index (χ3n) is 4.00. The van der Waals surface area contributed by atoms with Gasteiger partial charge in [-0.3, -0.25) is 4.99 Å². The molecule has 1 heterocycles. The molecule has 4 nitrogen and oxygen atoms in total. The van der Waals surface area contributed by atoms with Crippen LogP contribution in [0, 0.1) is 0 Å². The number of nitrogens with zero attached hydrogens (tertiary/aromatic N) is 2. The van der Waals surface area contributed by atoms with Gasteiger partial charge >= 0.3 is 0 Å². The molecule has 1 saturated heterocycles. The second kappa shape index (κ2) is 9.62. The van der Waals surface area contributed by atoms with E-state index in [4.69, 9.17) is 0 Å². The zero-order valence-electron chi connectivity index (χ0n) is 13.7. The number of thioether (sulfide) groups is 1. The van der Waals surface area contributed by atoms with E-state index < -0.39 is 0 Å². The Balaban J connectivity index is 1.72. The Labute approximate surface area is 138 Å². The summed E-state index contributed by atoms with van der Waals surface area (Å²) >= 11 is 1.89. The highest BCUT2D eigenvalue weighted by Crippen LogP contribution is 2.19. The van der Waals surface area contributed by atoms with Crippen LogP contribution in [0.1, 0.15) is 19.3 Å². The number of hydrogen-bond acceptors (Lipinski definition) is 3. The molecule has 0 saturated carbocycles. The molecule has 1 aromatic rings. The molecule has 0 amide bonds. The number of nitrogens with one attached hydrogen (secondary N) is 2. The average molecular weight is 321 g/mol. The van der Waals surface area contributed by atoms with Crippen LogP contribution in [0.5, 0.6) is 0 Å². The molecule has 22 heavy (non-hydrogen) atoms. The van der Waals surface area contributed by atoms with Crippen molar-refractivity contribution in [3.8, 4) is 0 Å². The predicted octanol–water partition coefficient (Wildman–Crippen LogP) is 2.57. The highest BCUT2D eigenvalue weighted by atomic mass is 32.2. The fourth-order valence-corrected chi connectivity index (χ4v) is 3.17. The standard InChI is InChI=1S/C17H28N4S/c1-18-17(19-11-6-14-22-2)20-15-9-12-21(13-10-15)16-7-4-3-5-8-16/h3-5,7-8,15H,6,9-14H2,1-2H3,(H2,18,19,20). The lowest BCUT2D eigenvalue weighted by Crippen LogP contribution is -2.48. The number of rotatable bonds is 6. The first-order valence-electron chi connectivity index (χ1n) is 8.09. The first-order chi connectivity index (χ1) is 10.8. The van der Waals surface area contributed by atoms with Crippen LogP contribution in [-0.2, 0) is 0 Å². The van der Waals surface area contributed by atoms with Crippen LogP contribution in [0.15, 0.2) is 35.3 Å². The Bertz CT molecular complexity index is 441. The van der Waals surface area contributed by atoms with Gasteiger partial charge in [-0.15, -0.1) is 0 Å². The SMILES string of the molecule is CN=C(NCCCSC)NC1CCN(c2ccccc2)CC1. The molecule has 1 fully saturated rings. The fraction of sp³-hybridized carbons (Fsp3) is 0.588. The van der Waals surface area contributed by atoms with E-state index in [2.05, 4.69) is 57.1 Å². The molecule has 0 spiro atoms. The first kappa shape index (κ1) is 17.0. The lowest BCUT2D eigenvalue weighted by Gasteiger charge is -2.34. The Morgan fingerprint density at radius 2 is 2.00 bits per heavy atom. The monoisotopic (exact) mass is 320 g/mol. The lowest BCUT2D eigenvalue weighted by atomic mass is 10.0. The van der Waals surface area contributed by atoms with Gasteiger partial charge < -0.3 is 15.5 Å². The summed E-state index contributed by atoms with van der Waals surface area (Å²) < 4.78 is 0. The summed E-state index contributed by atoms with van der Waals surface area (Å²) in [6.07, 6.45) is 5.63. The number of piperidine rings is 1. The molecule has 5 heteroatoms. The van der Waals surface area contributed by atoms with Crippen molar-refractivity contribution in [1.29, 1.82) is 0 Å². The lowest BCUT2D eigenvalue weighted by molar-refractivity contribution is 0.461. The topological polar surface area (TPSA) is 39.7 Å². The summed E-state index contributed by atoms with van der Waals surface area (Å²) in [5, 5.41) is 6.97. The van der Waals surface area contributed by atoms with E-state index >= 15 is 0 Å². The van der Waals surface area contributed by atoms with Crippen molar-refractivity contribution < 1.29 is 0 Å². The summed E-state index contributed by atoms with van der Waals surface area (Å²) in [5.41, 5.74) is 1.33. The molecule has 2 N–H and O–H groups in total. The van der Waals surface area contributed by atoms with E-state index in [9.17, 15) is 0 Å². The summed E-state index contributed by atoms with van der Waals surface area (Å²) in [7, 11) is 1.85. The second-order valence-electron chi connectivity index (χ2n) is 5.59. The zero-order valence-corrected chi connectivity index (χ0v) is 14.5. The molecule has 2 rings (SSSR count). The van der Waals surface area contributed by atoms with Gasteiger partial charge in [0.05, 0.1) is 0 Å². The van der Waals surface area contributed by atoms with Crippen LogP contribution in [0.3, 0.4) is 0 Å². The van der Waals surface area contributed by atoms with Crippen molar-refractivity contribution >= 4 is 23.4 Å². The van der Waals surface area contributed by atoms with Crippen molar-refractivity contribution in [2.45, 2.75) is 25.3 Å². The van der Waals surface area contributed by atoms with Crippen LogP contribution in [0.2, 0.25) is 0 Å². The summed E-state index contributed by atoms with van der Waals surface area (Å²) in [5.74, 6) is 2.14. The normalized spacial score (nSPS) is 16.6. The van der Waals surface area contributed by atoms with E-state index in [-0.39, 0.29) is 0 Å². The minimum Gasteiger partial charge on any atom is -0.371 e. The van der Waals surface area contributed by atoms with Crippen molar-refractivity contribution in [2.24, 2.45) is 4.99 Å². The van der Waals surface area contributed by atoms with E-state index in [1.807, 2.05) is 18.8 Å². The van der Waals surface area contributed by atoms with Gasteiger partial charge in [-0.25, -0.2) is 0 Å². The van der Waals surface area contributed by atoms with Crippen LogP contribution >= 0.6 is 11.8 Å². The molecule has 0 unspecified atom stereocenters.